The van der Waals surface area contributed by atoms with Gasteiger partial charge in [0.25, 0.3) is 0 Å². The molecule has 2 heterocycles. The Morgan fingerprint density at radius 1 is 1.06 bits per heavy atom. The minimum Gasteiger partial charge on any atom is -0.361 e. The van der Waals surface area contributed by atoms with Crippen LogP contribution < -0.4 is 5.32 Å². The van der Waals surface area contributed by atoms with E-state index >= 15 is 0 Å². The van der Waals surface area contributed by atoms with E-state index < -0.39 is 45.7 Å². The fourth-order valence-corrected chi connectivity index (χ4v) is 2.75. The van der Waals surface area contributed by atoms with Crippen LogP contribution in [0.25, 0.3) is 17.6 Å². The second kappa shape index (κ2) is 8.94. The van der Waals surface area contributed by atoms with E-state index in [0.29, 0.717) is 18.0 Å². The highest BCUT2D eigenvalue weighted by Crippen LogP contribution is 2.44. The maximum absolute atomic E-state index is 13.2. The monoisotopic (exact) mass is 476 g/mol. The maximum Gasteiger partial charge on any atom is 0.417 e. The lowest BCUT2D eigenvalue weighted by Gasteiger charge is -2.16. The minimum absolute atomic E-state index is 0.141. The van der Waals surface area contributed by atoms with E-state index in [9.17, 15) is 31.1 Å². The van der Waals surface area contributed by atoms with E-state index in [1.807, 2.05) is 0 Å². The van der Waals surface area contributed by atoms with Crippen LogP contribution in [0.1, 0.15) is 11.1 Å². The summed E-state index contributed by atoms with van der Waals surface area (Å²) >= 11 is 5.35. The van der Waals surface area contributed by atoms with Gasteiger partial charge in [-0.25, -0.2) is 14.6 Å². The number of carbonyl (C=O) groups is 1. The van der Waals surface area contributed by atoms with Crippen LogP contribution in [-0.2, 0) is 17.1 Å². The molecule has 0 saturated heterocycles. The average molecular weight is 477 g/mol. The molecule has 0 saturated carbocycles. The summed E-state index contributed by atoms with van der Waals surface area (Å²) < 4.78 is 79.9. The molecule has 0 amide bonds. The van der Waals surface area contributed by atoms with Crippen LogP contribution in [0.5, 0.6) is 0 Å². The molecule has 0 radical (unpaired) electrons. The third-order valence-corrected chi connectivity index (χ3v) is 4.28. The molecule has 3 aromatic rings. The molecular formula is C18H11ClF6N6O. The molecule has 3 rings (SSSR count). The number of nitrogens with one attached hydrogen (secondary N) is 1. The van der Waals surface area contributed by atoms with Gasteiger partial charge in [0.2, 0.25) is 0 Å². The largest absolute Gasteiger partial charge is 0.417 e. The Hall–Kier alpha value is -3.48. The Balaban J connectivity index is 1.81. The number of hydrogen-bond donors (Lipinski definition) is 1. The zero-order valence-corrected chi connectivity index (χ0v) is 16.4. The van der Waals surface area contributed by atoms with Crippen molar-refractivity contribution in [1.29, 1.82) is 0 Å². The lowest BCUT2D eigenvalue weighted by atomic mass is 10.0. The fraction of sp³-hybridized carbons (Fsp3) is 0.167. The topological polar surface area (TPSA) is 85.6 Å². The van der Waals surface area contributed by atoms with Gasteiger partial charge in [-0.1, -0.05) is 11.6 Å². The van der Waals surface area contributed by atoms with Crippen molar-refractivity contribution in [3.05, 3.63) is 59.3 Å². The average Bonchev–Trinajstić information content (AvgIpc) is 3.19. The second-order valence-electron chi connectivity index (χ2n) is 6.16. The molecule has 0 bridgehead atoms. The number of halogens is 7. The highest BCUT2D eigenvalue weighted by atomic mass is 35.5. The summed E-state index contributed by atoms with van der Waals surface area (Å²) in [5.74, 6) is -0.480. The molecule has 0 aliphatic rings. The first-order chi connectivity index (χ1) is 14.9. The van der Waals surface area contributed by atoms with Crippen molar-refractivity contribution in [1.82, 2.24) is 24.7 Å². The van der Waals surface area contributed by atoms with Crippen molar-refractivity contribution < 1.29 is 31.1 Å². The standard InChI is InChI=1S/C18H11ClF6N6O/c19-15-12(17(20,21)22)5-10(6-13(15)18(23,24)25)16-29-9-31(30-16)4-1-11(32)7-28-14-8-26-2-3-27-14/h1-6,8-9H,7H2,(H,27,28)/b4-1-. The summed E-state index contributed by atoms with van der Waals surface area (Å²) in [7, 11) is 0. The van der Waals surface area contributed by atoms with Crippen molar-refractivity contribution in [3.63, 3.8) is 0 Å². The van der Waals surface area contributed by atoms with Gasteiger partial charge < -0.3 is 5.32 Å². The van der Waals surface area contributed by atoms with Crippen molar-refractivity contribution >= 4 is 29.4 Å². The van der Waals surface area contributed by atoms with Crippen LogP contribution in [0.4, 0.5) is 32.2 Å². The van der Waals surface area contributed by atoms with Crippen molar-refractivity contribution in [2.24, 2.45) is 0 Å². The first-order valence-corrected chi connectivity index (χ1v) is 8.93. The van der Waals surface area contributed by atoms with Crippen molar-refractivity contribution in [3.8, 4) is 11.4 Å². The second-order valence-corrected chi connectivity index (χ2v) is 6.53. The van der Waals surface area contributed by atoms with Gasteiger partial charge in [0.05, 0.1) is 28.9 Å². The van der Waals surface area contributed by atoms with E-state index in [-0.39, 0.29) is 6.54 Å². The summed E-state index contributed by atoms with van der Waals surface area (Å²) in [6, 6.07) is 0.855. The van der Waals surface area contributed by atoms with Crippen LogP contribution in [-0.4, -0.2) is 37.1 Å². The predicted octanol–water partition coefficient (Wildman–Crippen LogP) is 4.58. The molecule has 0 spiro atoms. The van der Waals surface area contributed by atoms with Gasteiger partial charge in [-0.2, -0.15) is 26.3 Å². The Labute approximate surface area is 180 Å². The fourth-order valence-electron chi connectivity index (χ4n) is 2.43. The highest BCUT2D eigenvalue weighted by Gasteiger charge is 2.41. The van der Waals surface area contributed by atoms with E-state index in [1.165, 1.54) is 18.6 Å². The van der Waals surface area contributed by atoms with E-state index in [0.717, 1.165) is 23.3 Å². The Morgan fingerprint density at radius 2 is 1.72 bits per heavy atom. The number of hydrogen-bond acceptors (Lipinski definition) is 6. The summed E-state index contributed by atoms with van der Waals surface area (Å²) in [6.45, 7) is -0.141. The van der Waals surface area contributed by atoms with Gasteiger partial charge in [0.1, 0.15) is 12.1 Å². The summed E-state index contributed by atoms with van der Waals surface area (Å²) in [5.41, 5.74) is -3.88. The Bertz CT molecular complexity index is 1110. The zero-order valence-electron chi connectivity index (χ0n) is 15.6. The van der Waals surface area contributed by atoms with Gasteiger partial charge in [-0.15, -0.1) is 5.10 Å². The van der Waals surface area contributed by atoms with Gasteiger partial charge in [0.15, 0.2) is 11.6 Å². The minimum atomic E-state index is -5.13. The molecule has 32 heavy (non-hydrogen) atoms. The van der Waals surface area contributed by atoms with E-state index in [1.54, 1.807) is 0 Å². The number of rotatable bonds is 6. The quantitative estimate of drug-likeness (QED) is 0.414. The van der Waals surface area contributed by atoms with E-state index in [4.69, 9.17) is 11.6 Å². The van der Waals surface area contributed by atoms with Crippen LogP contribution in [0.15, 0.2) is 43.1 Å². The number of carbonyl (C=O) groups excluding carboxylic acids is 1. The first-order valence-electron chi connectivity index (χ1n) is 8.55. The predicted molar refractivity (Wildman–Crippen MR) is 101 cm³/mol. The molecule has 1 N–H and O–H groups in total. The lowest BCUT2D eigenvalue weighted by molar-refractivity contribution is -0.142. The smallest absolute Gasteiger partial charge is 0.361 e. The lowest BCUT2D eigenvalue weighted by Crippen LogP contribution is -2.13. The molecule has 0 atom stereocenters. The molecule has 0 aliphatic carbocycles. The molecule has 0 fully saturated rings. The number of aromatic nitrogens is 5. The first kappa shape index (κ1) is 23.2. The van der Waals surface area contributed by atoms with Gasteiger partial charge in [0, 0.05) is 30.2 Å². The number of alkyl halides is 6. The van der Waals surface area contributed by atoms with Crippen LogP contribution in [0.3, 0.4) is 0 Å². The van der Waals surface area contributed by atoms with Crippen LogP contribution in [0, 0.1) is 0 Å². The molecule has 1 aromatic carbocycles. The molecule has 0 aliphatic heterocycles. The number of anilines is 1. The van der Waals surface area contributed by atoms with Gasteiger partial charge >= 0.3 is 12.4 Å². The highest BCUT2D eigenvalue weighted by molar-refractivity contribution is 6.32. The van der Waals surface area contributed by atoms with Crippen molar-refractivity contribution in [2.45, 2.75) is 12.4 Å². The molecule has 168 valence electrons. The van der Waals surface area contributed by atoms with Crippen LogP contribution in [0.2, 0.25) is 5.02 Å². The SMILES string of the molecule is O=C(/C=C\n1cnc(-c2cc(C(F)(F)F)c(Cl)c(C(F)(F)F)c2)n1)CNc1cnccn1. The molecule has 14 heteroatoms. The molecular weight excluding hydrogens is 466 g/mol. The summed E-state index contributed by atoms with van der Waals surface area (Å²) in [5, 5.41) is 5.04. The normalized spacial score (nSPS) is 12.3. The zero-order chi connectivity index (χ0) is 23.5. The summed E-state index contributed by atoms with van der Waals surface area (Å²) in [6.07, 6.45) is -2.73. The molecule has 7 nitrogen and oxygen atoms in total. The van der Waals surface area contributed by atoms with Gasteiger partial charge in [-0.05, 0) is 12.1 Å². The number of benzene rings is 1. The van der Waals surface area contributed by atoms with Crippen molar-refractivity contribution in [2.75, 3.05) is 11.9 Å². The Morgan fingerprint density at radius 3 is 2.28 bits per heavy atom. The number of ketones is 1. The number of nitrogens with zero attached hydrogens (tertiary/aromatic N) is 5. The third-order valence-electron chi connectivity index (χ3n) is 3.87. The van der Waals surface area contributed by atoms with Gasteiger partial charge in [-0.3, -0.25) is 9.78 Å². The Kier molecular flexibility index (Phi) is 6.48. The van der Waals surface area contributed by atoms with E-state index in [2.05, 4.69) is 25.4 Å². The summed E-state index contributed by atoms with van der Waals surface area (Å²) in [4.78, 5) is 23.3. The van der Waals surface area contributed by atoms with Crippen LogP contribution >= 0.6 is 11.6 Å². The third kappa shape index (κ3) is 5.60. The molecule has 0 unspecified atom stereocenters. The molecule has 2 aromatic heterocycles. The maximum atomic E-state index is 13.2.